The first-order valence-electron chi connectivity index (χ1n) is 10.7. The van der Waals surface area contributed by atoms with E-state index in [2.05, 4.69) is 6.07 Å². The Hall–Kier alpha value is -3.64. The number of ketones is 1. The Kier molecular flexibility index (Phi) is 6.59. The fraction of sp³-hybridized carbons (Fsp3) is 0.214. The Labute approximate surface area is 183 Å². The highest BCUT2D eigenvalue weighted by atomic mass is 16.5. The van der Waals surface area contributed by atoms with Crippen LogP contribution in [0.3, 0.4) is 0 Å². The minimum Gasteiger partial charge on any atom is -0.488 e. The van der Waals surface area contributed by atoms with E-state index in [1.165, 1.54) is 5.56 Å². The molecule has 0 spiro atoms. The lowest BCUT2D eigenvalue weighted by atomic mass is 9.82. The summed E-state index contributed by atoms with van der Waals surface area (Å²) in [5.74, 6) is 0.708. The van der Waals surface area contributed by atoms with Crippen molar-refractivity contribution in [1.29, 1.82) is 5.26 Å². The smallest absolute Gasteiger partial charge is 0.141 e. The van der Waals surface area contributed by atoms with Crippen LogP contribution in [0, 0.1) is 11.3 Å². The van der Waals surface area contributed by atoms with Crippen LogP contribution in [-0.2, 0) is 16.0 Å². The molecule has 0 bridgehead atoms. The molecule has 4 rings (SSSR count). The molecule has 0 saturated heterocycles. The van der Waals surface area contributed by atoms with Gasteiger partial charge in [-0.25, -0.2) is 0 Å². The van der Waals surface area contributed by atoms with Crippen molar-refractivity contribution >= 4 is 11.5 Å². The summed E-state index contributed by atoms with van der Waals surface area (Å²) in [6.07, 6.45) is 1.96. The molecule has 154 valence electrons. The number of rotatable bonds is 7. The van der Waals surface area contributed by atoms with Gasteiger partial charge in [0, 0.05) is 24.3 Å². The fourth-order valence-electron chi connectivity index (χ4n) is 4.16. The van der Waals surface area contributed by atoms with Gasteiger partial charge in [0.05, 0.1) is 11.6 Å². The quantitative estimate of drug-likeness (QED) is 0.476. The van der Waals surface area contributed by atoms with E-state index in [0.717, 1.165) is 17.5 Å². The molecule has 0 fully saturated rings. The number of ether oxygens (including phenoxy) is 1. The Morgan fingerprint density at radius 3 is 2.16 bits per heavy atom. The summed E-state index contributed by atoms with van der Waals surface area (Å²) >= 11 is 0. The summed E-state index contributed by atoms with van der Waals surface area (Å²) in [4.78, 5) is 12.8. The van der Waals surface area contributed by atoms with Gasteiger partial charge in [0.15, 0.2) is 0 Å². The zero-order valence-electron chi connectivity index (χ0n) is 17.4. The zero-order valence-corrected chi connectivity index (χ0v) is 17.4. The number of nitrogens with zero attached hydrogens (tertiary/aromatic N) is 1. The Balaban J connectivity index is 1.56. The van der Waals surface area contributed by atoms with Gasteiger partial charge in [-0.2, -0.15) is 5.26 Å². The van der Waals surface area contributed by atoms with E-state index in [1.807, 2.05) is 91.0 Å². The number of carbonyl (C=O) groups is 1. The van der Waals surface area contributed by atoms with E-state index in [0.29, 0.717) is 30.6 Å². The number of hydrogen-bond donors (Lipinski definition) is 0. The topological polar surface area (TPSA) is 50.1 Å². The molecule has 0 aliphatic carbocycles. The largest absolute Gasteiger partial charge is 0.488 e. The van der Waals surface area contributed by atoms with E-state index in [1.54, 1.807) is 0 Å². The third-order valence-electron chi connectivity index (χ3n) is 5.73. The molecule has 0 amide bonds. The molecule has 1 aliphatic rings. The summed E-state index contributed by atoms with van der Waals surface area (Å²) in [6.45, 7) is 0. The molecule has 3 heteroatoms. The Morgan fingerprint density at radius 2 is 1.52 bits per heavy atom. The lowest BCUT2D eigenvalue weighted by Crippen LogP contribution is -2.26. The summed E-state index contributed by atoms with van der Waals surface area (Å²) in [5.41, 5.74) is 3.75. The molecular weight excluding hydrogens is 382 g/mol. The van der Waals surface area contributed by atoms with Crippen molar-refractivity contribution in [2.75, 3.05) is 0 Å². The first-order valence-corrected chi connectivity index (χ1v) is 10.7. The van der Waals surface area contributed by atoms with Gasteiger partial charge in [-0.05, 0) is 24.0 Å². The molecule has 0 saturated carbocycles. The maximum absolute atomic E-state index is 12.8. The second kappa shape index (κ2) is 9.91. The first kappa shape index (κ1) is 20.6. The highest BCUT2D eigenvalue weighted by molar-refractivity contribution is 5.79. The molecule has 0 aromatic heterocycles. The SMILES string of the molecule is N#CC1=C(c2ccccc2)O[C@H](CC(=O)CCc2ccccc2)C[C@H]1c1ccccc1. The van der Waals surface area contributed by atoms with E-state index in [-0.39, 0.29) is 17.8 Å². The van der Waals surface area contributed by atoms with E-state index >= 15 is 0 Å². The minimum atomic E-state index is -0.249. The van der Waals surface area contributed by atoms with Crippen LogP contribution in [0.25, 0.3) is 5.76 Å². The van der Waals surface area contributed by atoms with Crippen LogP contribution in [0.15, 0.2) is 96.6 Å². The van der Waals surface area contributed by atoms with Crippen LogP contribution in [0.2, 0.25) is 0 Å². The Morgan fingerprint density at radius 1 is 0.903 bits per heavy atom. The summed E-state index contributed by atoms with van der Waals surface area (Å²) in [5, 5.41) is 9.98. The van der Waals surface area contributed by atoms with Crippen LogP contribution < -0.4 is 0 Å². The monoisotopic (exact) mass is 407 g/mol. The van der Waals surface area contributed by atoms with Crippen LogP contribution in [0.1, 0.15) is 41.9 Å². The van der Waals surface area contributed by atoms with Gasteiger partial charge in [-0.3, -0.25) is 4.79 Å². The lowest BCUT2D eigenvalue weighted by molar-refractivity contribution is -0.121. The normalized spacial score (nSPS) is 18.2. The average Bonchev–Trinajstić information content (AvgIpc) is 2.84. The van der Waals surface area contributed by atoms with Gasteiger partial charge in [0.2, 0.25) is 0 Å². The van der Waals surface area contributed by atoms with Crippen molar-refractivity contribution in [2.24, 2.45) is 0 Å². The zero-order chi connectivity index (χ0) is 21.5. The van der Waals surface area contributed by atoms with Crippen LogP contribution in [0.5, 0.6) is 0 Å². The third kappa shape index (κ3) is 5.10. The van der Waals surface area contributed by atoms with E-state index in [9.17, 15) is 10.1 Å². The highest BCUT2D eigenvalue weighted by Gasteiger charge is 2.33. The second-order valence-electron chi connectivity index (χ2n) is 7.89. The molecule has 3 nitrogen and oxygen atoms in total. The summed E-state index contributed by atoms with van der Waals surface area (Å²) in [7, 11) is 0. The predicted octanol–water partition coefficient (Wildman–Crippen LogP) is 6.09. The number of benzene rings is 3. The molecule has 0 radical (unpaired) electrons. The van der Waals surface area contributed by atoms with Gasteiger partial charge in [-0.15, -0.1) is 0 Å². The molecule has 0 unspecified atom stereocenters. The fourth-order valence-corrected chi connectivity index (χ4v) is 4.16. The van der Waals surface area contributed by atoms with Crippen LogP contribution >= 0.6 is 0 Å². The van der Waals surface area contributed by atoms with Crippen molar-refractivity contribution in [3.8, 4) is 6.07 Å². The predicted molar refractivity (Wildman–Crippen MR) is 122 cm³/mol. The van der Waals surface area contributed by atoms with Crippen molar-refractivity contribution in [3.63, 3.8) is 0 Å². The maximum atomic E-state index is 12.8. The number of carbonyl (C=O) groups excluding carboxylic acids is 1. The molecule has 1 aliphatic heterocycles. The number of hydrogen-bond acceptors (Lipinski definition) is 3. The number of allylic oxidation sites excluding steroid dienone is 1. The van der Waals surface area contributed by atoms with Gasteiger partial charge in [0.25, 0.3) is 0 Å². The molecule has 3 aromatic rings. The van der Waals surface area contributed by atoms with Gasteiger partial charge in [0.1, 0.15) is 17.6 Å². The number of Topliss-reactive ketones (excluding diaryl/α,β-unsaturated/α-hetero) is 1. The third-order valence-corrected chi connectivity index (χ3v) is 5.73. The molecule has 1 heterocycles. The Bertz CT molecular complexity index is 1080. The van der Waals surface area contributed by atoms with Crippen molar-refractivity contribution in [1.82, 2.24) is 0 Å². The van der Waals surface area contributed by atoms with E-state index < -0.39 is 0 Å². The van der Waals surface area contributed by atoms with Crippen molar-refractivity contribution < 1.29 is 9.53 Å². The van der Waals surface area contributed by atoms with Crippen molar-refractivity contribution in [2.45, 2.75) is 37.7 Å². The summed E-state index contributed by atoms with van der Waals surface area (Å²) in [6, 6.07) is 32.2. The van der Waals surface area contributed by atoms with Crippen molar-refractivity contribution in [3.05, 3.63) is 113 Å². The second-order valence-corrected chi connectivity index (χ2v) is 7.89. The maximum Gasteiger partial charge on any atom is 0.141 e. The highest BCUT2D eigenvalue weighted by Crippen LogP contribution is 2.41. The van der Waals surface area contributed by atoms with Crippen LogP contribution in [0.4, 0.5) is 0 Å². The van der Waals surface area contributed by atoms with E-state index in [4.69, 9.17) is 4.74 Å². The average molecular weight is 408 g/mol. The molecule has 31 heavy (non-hydrogen) atoms. The van der Waals surface area contributed by atoms with Crippen LogP contribution in [-0.4, -0.2) is 11.9 Å². The number of aryl methyl sites for hydroxylation is 1. The standard InChI is InChI=1S/C28H25NO2/c29-20-27-26(22-12-6-2-7-13-22)19-25(31-28(27)23-14-8-3-9-15-23)18-24(30)17-16-21-10-4-1-5-11-21/h1-15,25-26H,16-19H2/t25-,26+/m1/s1. The number of nitriles is 1. The van der Waals surface area contributed by atoms with Gasteiger partial charge >= 0.3 is 0 Å². The van der Waals surface area contributed by atoms with Gasteiger partial charge in [-0.1, -0.05) is 91.0 Å². The molecule has 0 N–H and O–H groups in total. The minimum absolute atomic E-state index is 0.0814. The lowest BCUT2D eigenvalue weighted by Gasteiger charge is -2.32. The van der Waals surface area contributed by atoms with Gasteiger partial charge < -0.3 is 4.74 Å². The summed E-state index contributed by atoms with van der Waals surface area (Å²) < 4.78 is 6.29. The molecule has 2 atom stereocenters. The molecular formula is C28H25NO2. The molecule has 3 aromatic carbocycles. The first-order chi connectivity index (χ1) is 15.2.